The minimum absolute atomic E-state index is 0.330. The van der Waals surface area contributed by atoms with E-state index in [1.807, 2.05) is 6.92 Å². The molecular formula is C10H15ClN2O2. The maximum absolute atomic E-state index is 9.45. The predicted octanol–water partition coefficient (Wildman–Crippen LogP) is 1.54. The minimum Gasteiger partial charge on any atom is -0.389 e. The summed E-state index contributed by atoms with van der Waals surface area (Å²) in [7, 11) is 0. The standard InChI is InChI=1S/C10H15ClN2O2/c1-2-15-7-9(14)6-13-10-4-3-8(11)5-12-10/h3-5,9,14H,2,6-7H2,1H3,(H,12,13). The van der Waals surface area contributed by atoms with Crippen LogP contribution in [0.4, 0.5) is 5.82 Å². The second-order valence-electron chi connectivity index (χ2n) is 3.06. The zero-order chi connectivity index (χ0) is 11.1. The maximum Gasteiger partial charge on any atom is 0.126 e. The third-order valence-corrected chi connectivity index (χ3v) is 1.98. The predicted molar refractivity (Wildman–Crippen MR) is 60.2 cm³/mol. The molecule has 0 bridgehead atoms. The van der Waals surface area contributed by atoms with Crippen LogP contribution in [-0.4, -0.2) is 36.0 Å². The van der Waals surface area contributed by atoms with E-state index in [1.165, 1.54) is 0 Å². The van der Waals surface area contributed by atoms with E-state index in [2.05, 4.69) is 10.3 Å². The first-order valence-corrected chi connectivity index (χ1v) is 5.21. The molecule has 5 heteroatoms. The maximum atomic E-state index is 9.45. The average molecular weight is 231 g/mol. The molecule has 1 atom stereocenters. The Hall–Kier alpha value is -0.840. The molecule has 2 N–H and O–H groups in total. The molecule has 84 valence electrons. The van der Waals surface area contributed by atoms with Gasteiger partial charge in [-0.15, -0.1) is 0 Å². The van der Waals surface area contributed by atoms with Gasteiger partial charge in [0.2, 0.25) is 0 Å². The Balaban J connectivity index is 2.27. The molecule has 1 rings (SSSR count). The third-order valence-electron chi connectivity index (χ3n) is 1.76. The Morgan fingerprint density at radius 3 is 3.00 bits per heavy atom. The number of aliphatic hydroxyl groups is 1. The van der Waals surface area contributed by atoms with Gasteiger partial charge in [0.1, 0.15) is 5.82 Å². The van der Waals surface area contributed by atoms with Gasteiger partial charge in [-0.05, 0) is 19.1 Å². The van der Waals surface area contributed by atoms with E-state index in [9.17, 15) is 5.11 Å². The molecule has 1 aromatic rings. The van der Waals surface area contributed by atoms with Crippen molar-refractivity contribution in [1.29, 1.82) is 0 Å². The normalized spacial score (nSPS) is 12.5. The minimum atomic E-state index is -0.526. The fourth-order valence-corrected chi connectivity index (χ4v) is 1.13. The van der Waals surface area contributed by atoms with Crippen LogP contribution in [0.25, 0.3) is 0 Å². The van der Waals surface area contributed by atoms with Gasteiger partial charge < -0.3 is 15.2 Å². The second kappa shape index (κ2) is 6.61. The lowest BCUT2D eigenvalue weighted by atomic mass is 10.3. The lowest BCUT2D eigenvalue weighted by Gasteiger charge is -2.11. The molecule has 15 heavy (non-hydrogen) atoms. The topological polar surface area (TPSA) is 54.4 Å². The number of aliphatic hydroxyl groups excluding tert-OH is 1. The number of aromatic nitrogens is 1. The molecule has 0 aromatic carbocycles. The summed E-state index contributed by atoms with van der Waals surface area (Å²) in [5.41, 5.74) is 0. The Bertz CT molecular complexity index is 279. The van der Waals surface area contributed by atoms with Crippen LogP contribution in [0, 0.1) is 0 Å². The number of hydrogen-bond donors (Lipinski definition) is 2. The molecule has 1 unspecified atom stereocenters. The Morgan fingerprint density at radius 2 is 2.40 bits per heavy atom. The van der Waals surface area contributed by atoms with E-state index in [0.29, 0.717) is 30.6 Å². The van der Waals surface area contributed by atoms with E-state index in [1.54, 1.807) is 18.3 Å². The van der Waals surface area contributed by atoms with Gasteiger partial charge in [-0.3, -0.25) is 0 Å². The van der Waals surface area contributed by atoms with Crippen molar-refractivity contribution in [1.82, 2.24) is 4.98 Å². The van der Waals surface area contributed by atoms with Gasteiger partial charge >= 0.3 is 0 Å². The number of nitrogens with one attached hydrogen (secondary N) is 1. The summed E-state index contributed by atoms with van der Waals surface area (Å²) in [6.07, 6.45) is 1.03. The summed E-state index contributed by atoms with van der Waals surface area (Å²) < 4.78 is 5.07. The summed E-state index contributed by atoms with van der Waals surface area (Å²) in [5, 5.41) is 13.0. The summed E-state index contributed by atoms with van der Waals surface area (Å²) in [4.78, 5) is 4.04. The van der Waals surface area contributed by atoms with E-state index < -0.39 is 6.10 Å². The number of anilines is 1. The van der Waals surface area contributed by atoms with Crippen LogP contribution in [-0.2, 0) is 4.74 Å². The first-order valence-electron chi connectivity index (χ1n) is 4.83. The molecule has 0 saturated heterocycles. The molecule has 0 spiro atoms. The zero-order valence-electron chi connectivity index (χ0n) is 8.61. The number of ether oxygens (including phenoxy) is 1. The fourth-order valence-electron chi connectivity index (χ4n) is 1.02. The summed E-state index contributed by atoms with van der Waals surface area (Å²) in [6.45, 7) is 3.24. The largest absolute Gasteiger partial charge is 0.389 e. The van der Waals surface area contributed by atoms with Crippen molar-refractivity contribution >= 4 is 17.4 Å². The lowest BCUT2D eigenvalue weighted by Crippen LogP contribution is -2.25. The highest BCUT2D eigenvalue weighted by molar-refractivity contribution is 6.30. The Labute approximate surface area is 94.2 Å². The van der Waals surface area contributed by atoms with Crippen LogP contribution in [0.15, 0.2) is 18.3 Å². The second-order valence-corrected chi connectivity index (χ2v) is 3.49. The Kier molecular flexibility index (Phi) is 5.39. The van der Waals surface area contributed by atoms with Crippen molar-refractivity contribution in [2.75, 3.05) is 25.1 Å². The lowest BCUT2D eigenvalue weighted by molar-refractivity contribution is 0.0495. The van der Waals surface area contributed by atoms with E-state index >= 15 is 0 Å². The SMILES string of the molecule is CCOCC(O)CNc1ccc(Cl)cn1. The van der Waals surface area contributed by atoms with Crippen LogP contribution < -0.4 is 5.32 Å². The first-order chi connectivity index (χ1) is 7.22. The van der Waals surface area contributed by atoms with E-state index in [-0.39, 0.29) is 0 Å². The molecule has 4 nitrogen and oxygen atoms in total. The van der Waals surface area contributed by atoms with Crippen molar-refractivity contribution in [3.05, 3.63) is 23.4 Å². The van der Waals surface area contributed by atoms with Crippen LogP contribution in [0.5, 0.6) is 0 Å². The molecule has 1 heterocycles. The van der Waals surface area contributed by atoms with Crippen LogP contribution in [0.3, 0.4) is 0 Å². The molecular weight excluding hydrogens is 216 g/mol. The Morgan fingerprint density at radius 1 is 1.60 bits per heavy atom. The molecule has 0 fully saturated rings. The van der Waals surface area contributed by atoms with Gasteiger partial charge in [-0.2, -0.15) is 0 Å². The van der Waals surface area contributed by atoms with Crippen molar-refractivity contribution in [2.24, 2.45) is 0 Å². The van der Waals surface area contributed by atoms with Crippen molar-refractivity contribution < 1.29 is 9.84 Å². The van der Waals surface area contributed by atoms with Crippen LogP contribution in [0.1, 0.15) is 6.92 Å². The first kappa shape index (κ1) is 12.2. The van der Waals surface area contributed by atoms with Gasteiger partial charge in [0.25, 0.3) is 0 Å². The number of pyridine rings is 1. The molecule has 0 amide bonds. The van der Waals surface area contributed by atoms with Crippen LogP contribution >= 0.6 is 11.6 Å². The zero-order valence-corrected chi connectivity index (χ0v) is 9.37. The molecule has 0 aliphatic heterocycles. The highest BCUT2D eigenvalue weighted by atomic mass is 35.5. The van der Waals surface area contributed by atoms with Crippen molar-refractivity contribution in [3.63, 3.8) is 0 Å². The number of halogens is 1. The van der Waals surface area contributed by atoms with Gasteiger partial charge in [0, 0.05) is 19.3 Å². The summed E-state index contributed by atoms with van der Waals surface area (Å²) in [6, 6.07) is 3.50. The average Bonchev–Trinajstić information content (AvgIpc) is 2.25. The quantitative estimate of drug-likeness (QED) is 0.779. The third kappa shape index (κ3) is 4.97. The van der Waals surface area contributed by atoms with Gasteiger partial charge in [-0.1, -0.05) is 11.6 Å². The molecule has 1 aromatic heterocycles. The summed E-state index contributed by atoms with van der Waals surface area (Å²) >= 11 is 5.68. The smallest absolute Gasteiger partial charge is 0.126 e. The highest BCUT2D eigenvalue weighted by Crippen LogP contribution is 2.09. The highest BCUT2D eigenvalue weighted by Gasteiger charge is 2.03. The van der Waals surface area contributed by atoms with Gasteiger partial charge in [-0.25, -0.2) is 4.98 Å². The molecule has 0 saturated carbocycles. The number of hydrogen-bond acceptors (Lipinski definition) is 4. The fraction of sp³-hybridized carbons (Fsp3) is 0.500. The van der Waals surface area contributed by atoms with Crippen LogP contribution in [0.2, 0.25) is 5.02 Å². The molecule has 0 aliphatic carbocycles. The molecule has 0 radical (unpaired) electrons. The number of rotatable bonds is 6. The van der Waals surface area contributed by atoms with Crippen molar-refractivity contribution in [2.45, 2.75) is 13.0 Å². The van der Waals surface area contributed by atoms with E-state index in [0.717, 1.165) is 0 Å². The van der Waals surface area contributed by atoms with Gasteiger partial charge in [0.15, 0.2) is 0 Å². The summed E-state index contributed by atoms with van der Waals surface area (Å²) in [5.74, 6) is 0.690. The molecule has 0 aliphatic rings. The monoisotopic (exact) mass is 230 g/mol. The van der Waals surface area contributed by atoms with E-state index in [4.69, 9.17) is 16.3 Å². The number of nitrogens with zero attached hydrogens (tertiary/aromatic N) is 1. The van der Waals surface area contributed by atoms with Crippen molar-refractivity contribution in [3.8, 4) is 0 Å². The van der Waals surface area contributed by atoms with Gasteiger partial charge in [0.05, 0.1) is 17.7 Å².